The van der Waals surface area contributed by atoms with Gasteiger partial charge < -0.3 is 15.4 Å². The molecule has 0 heterocycles. The molecule has 0 aliphatic carbocycles. The largest absolute Gasteiger partial charge is 0.385 e. The maximum Gasteiger partial charge on any atom is 0.248 e. The molecule has 0 fully saturated rings. The van der Waals surface area contributed by atoms with E-state index in [1.54, 1.807) is 38.3 Å². The molecule has 0 radical (unpaired) electrons. The van der Waals surface area contributed by atoms with Crippen LogP contribution in [0.4, 0.5) is 5.69 Å². The zero-order chi connectivity index (χ0) is 17.2. The summed E-state index contributed by atoms with van der Waals surface area (Å²) in [5, 5.41) is 5.35. The van der Waals surface area contributed by atoms with Crippen LogP contribution in [-0.2, 0) is 14.3 Å². The maximum atomic E-state index is 11.9. The highest BCUT2D eigenvalue weighted by molar-refractivity contribution is 6.06. The van der Waals surface area contributed by atoms with E-state index in [0.29, 0.717) is 36.4 Å². The number of ether oxygens (including phenoxy) is 1. The summed E-state index contributed by atoms with van der Waals surface area (Å²) in [6.07, 6.45) is 1.95. The first-order valence-electron chi connectivity index (χ1n) is 7.31. The lowest BCUT2D eigenvalue weighted by Gasteiger charge is -2.06. The molecule has 124 valence electrons. The molecular formula is C17H22N2O4. The van der Waals surface area contributed by atoms with Crippen molar-refractivity contribution < 1.29 is 19.1 Å². The van der Waals surface area contributed by atoms with Crippen LogP contribution in [0.3, 0.4) is 0 Å². The fraction of sp³-hybridized carbons (Fsp3) is 0.353. The number of nitrogens with one attached hydrogen (secondary N) is 2. The van der Waals surface area contributed by atoms with E-state index in [1.807, 2.05) is 0 Å². The molecule has 0 spiro atoms. The van der Waals surface area contributed by atoms with Gasteiger partial charge in [0.25, 0.3) is 0 Å². The molecule has 1 aromatic rings. The Labute approximate surface area is 135 Å². The van der Waals surface area contributed by atoms with Crippen LogP contribution in [0, 0.1) is 0 Å². The van der Waals surface area contributed by atoms with Crippen LogP contribution in [0.5, 0.6) is 0 Å². The van der Waals surface area contributed by atoms with Gasteiger partial charge >= 0.3 is 0 Å². The zero-order valence-corrected chi connectivity index (χ0v) is 13.6. The quantitative estimate of drug-likeness (QED) is 0.436. The van der Waals surface area contributed by atoms with Crippen molar-refractivity contribution in [2.45, 2.75) is 20.3 Å². The highest BCUT2D eigenvalue weighted by atomic mass is 16.5. The lowest BCUT2D eigenvalue weighted by molar-refractivity contribution is -0.118. The molecule has 0 bridgehead atoms. The minimum Gasteiger partial charge on any atom is -0.385 e. The van der Waals surface area contributed by atoms with Crippen LogP contribution in [0.2, 0.25) is 0 Å². The molecule has 6 nitrogen and oxygen atoms in total. The highest BCUT2D eigenvalue weighted by Crippen LogP contribution is 2.10. The van der Waals surface area contributed by atoms with E-state index in [4.69, 9.17) is 4.74 Å². The van der Waals surface area contributed by atoms with Gasteiger partial charge in [-0.05, 0) is 44.5 Å². The first-order valence-corrected chi connectivity index (χ1v) is 7.31. The minimum absolute atomic E-state index is 0.0382. The molecule has 1 rings (SSSR count). The number of carbonyl (C=O) groups is 3. The van der Waals surface area contributed by atoms with Gasteiger partial charge in [0.2, 0.25) is 11.8 Å². The van der Waals surface area contributed by atoms with Crippen molar-refractivity contribution in [3.63, 3.8) is 0 Å². The van der Waals surface area contributed by atoms with Crippen LogP contribution in [-0.4, -0.2) is 37.9 Å². The number of benzene rings is 1. The Morgan fingerprint density at radius 1 is 1.13 bits per heavy atom. The second kappa shape index (κ2) is 9.53. The summed E-state index contributed by atoms with van der Waals surface area (Å²) in [5.41, 5.74) is 1.45. The third-order valence-electron chi connectivity index (χ3n) is 3.08. The zero-order valence-electron chi connectivity index (χ0n) is 13.6. The average molecular weight is 318 g/mol. The summed E-state index contributed by atoms with van der Waals surface area (Å²) in [4.78, 5) is 34.8. The molecule has 2 amide bonds. The fourth-order valence-corrected chi connectivity index (χ4v) is 1.79. The summed E-state index contributed by atoms with van der Waals surface area (Å²) < 4.78 is 4.89. The summed E-state index contributed by atoms with van der Waals surface area (Å²) in [5.74, 6) is -0.725. The molecule has 23 heavy (non-hydrogen) atoms. The monoisotopic (exact) mass is 318 g/mol. The summed E-state index contributed by atoms with van der Waals surface area (Å²) in [6, 6.07) is 6.55. The van der Waals surface area contributed by atoms with E-state index in [0.717, 1.165) is 0 Å². The van der Waals surface area contributed by atoms with Gasteiger partial charge in [-0.2, -0.15) is 0 Å². The van der Waals surface area contributed by atoms with Crippen molar-refractivity contribution in [1.82, 2.24) is 5.32 Å². The number of anilines is 1. The Bertz CT molecular complexity index is 591. The van der Waals surface area contributed by atoms with Gasteiger partial charge in [0.1, 0.15) is 0 Å². The van der Waals surface area contributed by atoms with Crippen molar-refractivity contribution in [3.05, 3.63) is 41.5 Å². The van der Waals surface area contributed by atoms with Gasteiger partial charge in [0, 0.05) is 43.2 Å². The van der Waals surface area contributed by atoms with Crippen LogP contribution in [0.1, 0.15) is 30.6 Å². The third-order valence-corrected chi connectivity index (χ3v) is 3.08. The summed E-state index contributed by atoms with van der Waals surface area (Å²) in [6.45, 7) is 4.11. The molecule has 0 saturated heterocycles. The van der Waals surface area contributed by atoms with Crippen molar-refractivity contribution in [1.29, 1.82) is 0 Å². The molecule has 6 heteroatoms. The maximum absolute atomic E-state index is 11.9. The number of ketones is 1. The number of methoxy groups -OCH3 is 1. The molecule has 0 unspecified atom stereocenters. The van der Waals surface area contributed by atoms with E-state index in [9.17, 15) is 14.4 Å². The van der Waals surface area contributed by atoms with Gasteiger partial charge in [0.15, 0.2) is 5.78 Å². The predicted octanol–water partition coefficient (Wildman–Crippen LogP) is 1.93. The van der Waals surface area contributed by atoms with Crippen molar-refractivity contribution in [2.24, 2.45) is 0 Å². The molecular weight excluding hydrogens is 296 g/mol. The van der Waals surface area contributed by atoms with Crippen LogP contribution < -0.4 is 10.6 Å². The Hall–Kier alpha value is -2.47. The number of Topliss-reactive ketones (excluding diaryl/α,β-unsaturated/α-hetero) is 1. The first-order chi connectivity index (χ1) is 10.9. The standard InChI is InChI=1S/C17H22N2O4/c1-12(17(22)18-9-4-10-23-3)11-16(21)19-15-7-5-14(6-8-15)13(2)20/h5-8,11H,4,9-10H2,1-3H3,(H,18,22)(H,19,21)/b12-11-. The first kappa shape index (κ1) is 18.6. The van der Waals surface area contributed by atoms with Crippen LogP contribution in [0.15, 0.2) is 35.9 Å². The van der Waals surface area contributed by atoms with E-state index >= 15 is 0 Å². The third kappa shape index (κ3) is 6.88. The SMILES string of the molecule is COCCCNC(=O)/C(C)=C\C(=O)Nc1ccc(C(C)=O)cc1. The molecule has 0 aliphatic rings. The predicted molar refractivity (Wildman–Crippen MR) is 88.3 cm³/mol. The molecule has 1 aromatic carbocycles. The van der Waals surface area contributed by atoms with E-state index < -0.39 is 5.91 Å². The molecule has 0 aromatic heterocycles. The van der Waals surface area contributed by atoms with Gasteiger partial charge in [-0.3, -0.25) is 14.4 Å². The van der Waals surface area contributed by atoms with E-state index in [1.165, 1.54) is 13.0 Å². The second-order valence-corrected chi connectivity index (χ2v) is 5.05. The fourth-order valence-electron chi connectivity index (χ4n) is 1.79. The average Bonchev–Trinajstić information content (AvgIpc) is 2.51. The summed E-state index contributed by atoms with van der Waals surface area (Å²) in [7, 11) is 1.60. The van der Waals surface area contributed by atoms with E-state index in [-0.39, 0.29) is 11.7 Å². The highest BCUT2D eigenvalue weighted by Gasteiger charge is 2.07. The van der Waals surface area contributed by atoms with Crippen molar-refractivity contribution in [3.8, 4) is 0 Å². The Morgan fingerprint density at radius 2 is 1.78 bits per heavy atom. The normalized spacial score (nSPS) is 11.0. The number of hydrogen-bond acceptors (Lipinski definition) is 4. The topological polar surface area (TPSA) is 84.5 Å². The number of amides is 2. The second-order valence-electron chi connectivity index (χ2n) is 5.05. The van der Waals surface area contributed by atoms with Gasteiger partial charge in [-0.1, -0.05) is 0 Å². The van der Waals surface area contributed by atoms with Crippen molar-refractivity contribution in [2.75, 3.05) is 25.6 Å². The number of rotatable bonds is 8. The lowest BCUT2D eigenvalue weighted by Crippen LogP contribution is -2.26. The molecule has 0 aliphatic heterocycles. The molecule has 0 saturated carbocycles. The molecule has 2 N–H and O–H groups in total. The lowest BCUT2D eigenvalue weighted by atomic mass is 10.1. The van der Waals surface area contributed by atoms with Crippen LogP contribution >= 0.6 is 0 Å². The number of carbonyl (C=O) groups excluding carboxylic acids is 3. The Morgan fingerprint density at radius 3 is 2.35 bits per heavy atom. The smallest absolute Gasteiger partial charge is 0.248 e. The van der Waals surface area contributed by atoms with Gasteiger partial charge in [-0.25, -0.2) is 0 Å². The summed E-state index contributed by atoms with van der Waals surface area (Å²) >= 11 is 0. The van der Waals surface area contributed by atoms with Crippen LogP contribution in [0.25, 0.3) is 0 Å². The number of hydrogen-bond donors (Lipinski definition) is 2. The minimum atomic E-state index is -0.398. The van der Waals surface area contributed by atoms with E-state index in [2.05, 4.69) is 10.6 Å². The van der Waals surface area contributed by atoms with Crippen molar-refractivity contribution >= 4 is 23.3 Å². The Balaban J connectivity index is 2.53. The Kier molecular flexibility index (Phi) is 7.70. The van der Waals surface area contributed by atoms with Gasteiger partial charge in [0.05, 0.1) is 0 Å². The van der Waals surface area contributed by atoms with Gasteiger partial charge in [-0.15, -0.1) is 0 Å². The molecule has 0 atom stereocenters.